The number of hydrogen-bond donors (Lipinski definition) is 0. The number of rotatable bonds is 4. The van der Waals surface area contributed by atoms with Gasteiger partial charge in [0.15, 0.2) is 0 Å². The molecule has 0 aliphatic carbocycles. The van der Waals surface area contributed by atoms with E-state index in [0.29, 0.717) is 0 Å². The average Bonchev–Trinajstić information content (AvgIpc) is 2.41. The second-order valence-electron chi connectivity index (χ2n) is 4.77. The van der Waals surface area contributed by atoms with E-state index in [-0.39, 0.29) is 0 Å². The van der Waals surface area contributed by atoms with E-state index in [4.69, 9.17) is 4.74 Å². The molecule has 0 unspecified atom stereocenters. The maximum absolute atomic E-state index is 5.16. The molecular weight excluding hydrogens is 220 g/mol. The van der Waals surface area contributed by atoms with Gasteiger partial charge in [-0.3, -0.25) is 0 Å². The Balaban J connectivity index is 1.99. The molecule has 1 nitrogen and oxygen atoms in total. The predicted octanol–water partition coefficient (Wildman–Crippen LogP) is 4.10. The minimum Gasteiger partial charge on any atom is -0.497 e. The number of ether oxygens (including phenoxy) is 1. The third-order valence-electron chi connectivity index (χ3n) is 3.43. The zero-order valence-electron chi connectivity index (χ0n) is 11.4. The van der Waals surface area contributed by atoms with Crippen molar-refractivity contribution < 1.29 is 4.74 Å². The molecule has 2 aromatic rings. The van der Waals surface area contributed by atoms with E-state index in [0.717, 1.165) is 18.6 Å². The van der Waals surface area contributed by atoms with E-state index in [1.54, 1.807) is 7.11 Å². The van der Waals surface area contributed by atoms with Crippen molar-refractivity contribution in [3.63, 3.8) is 0 Å². The molecule has 0 aromatic heterocycles. The largest absolute Gasteiger partial charge is 0.497 e. The summed E-state index contributed by atoms with van der Waals surface area (Å²) in [5.74, 6) is 0.921. The van der Waals surface area contributed by atoms with Gasteiger partial charge in [0.2, 0.25) is 0 Å². The minimum atomic E-state index is 0.921. The molecule has 0 bridgehead atoms. The van der Waals surface area contributed by atoms with Gasteiger partial charge in [-0.15, -0.1) is 0 Å². The molecule has 0 aliphatic rings. The fourth-order valence-corrected chi connectivity index (χ4v) is 2.04. The van der Waals surface area contributed by atoms with Crippen LogP contribution in [0.4, 0.5) is 0 Å². The van der Waals surface area contributed by atoms with Gasteiger partial charge >= 0.3 is 0 Å². The maximum atomic E-state index is 5.16. The summed E-state index contributed by atoms with van der Waals surface area (Å²) < 4.78 is 5.16. The van der Waals surface area contributed by atoms with E-state index < -0.39 is 0 Å². The van der Waals surface area contributed by atoms with Crippen molar-refractivity contribution in [1.82, 2.24) is 0 Å². The molecule has 0 saturated heterocycles. The molecule has 18 heavy (non-hydrogen) atoms. The fourth-order valence-electron chi connectivity index (χ4n) is 2.04. The molecule has 0 fully saturated rings. The molecular formula is C17H20O. The van der Waals surface area contributed by atoms with E-state index in [2.05, 4.69) is 44.2 Å². The van der Waals surface area contributed by atoms with E-state index in [1.165, 1.54) is 22.3 Å². The van der Waals surface area contributed by atoms with E-state index in [1.807, 2.05) is 12.1 Å². The normalized spacial score (nSPS) is 10.4. The van der Waals surface area contributed by atoms with Crippen LogP contribution in [0, 0.1) is 13.8 Å². The van der Waals surface area contributed by atoms with Crippen LogP contribution in [-0.2, 0) is 12.8 Å². The van der Waals surface area contributed by atoms with Gasteiger partial charge < -0.3 is 4.74 Å². The summed E-state index contributed by atoms with van der Waals surface area (Å²) >= 11 is 0. The molecule has 0 atom stereocenters. The summed E-state index contributed by atoms with van der Waals surface area (Å²) in [5.41, 5.74) is 5.51. The van der Waals surface area contributed by atoms with Crippen LogP contribution in [0.25, 0.3) is 0 Å². The molecule has 0 aliphatic heterocycles. The quantitative estimate of drug-likeness (QED) is 0.782. The second-order valence-corrected chi connectivity index (χ2v) is 4.77. The molecule has 2 rings (SSSR count). The molecule has 0 amide bonds. The van der Waals surface area contributed by atoms with Gasteiger partial charge in [-0.1, -0.05) is 30.3 Å². The Morgan fingerprint density at radius 2 is 1.39 bits per heavy atom. The van der Waals surface area contributed by atoms with Gasteiger partial charge in [0.05, 0.1) is 7.11 Å². The van der Waals surface area contributed by atoms with Crippen molar-refractivity contribution >= 4 is 0 Å². The van der Waals surface area contributed by atoms with Gasteiger partial charge in [-0.05, 0) is 61.1 Å². The zero-order valence-corrected chi connectivity index (χ0v) is 11.4. The smallest absolute Gasteiger partial charge is 0.118 e. The highest BCUT2D eigenvalue weighted by Gasteiger charge is 1.99. The van der Waals surface area contributed by atoms with E-state index in [9.17, 15) is 0 Å². The molecule has 0 radical (unpaired) electrons. The maximum Gasteiger partial charge on any atom is 0.118 e. The van der Waals surface area contributed by atoms with Crippen molar-refractivity contribution in [1.29, 1.82) is 0 Å². The average molecular weight is 240 g/mol. The Morgan fingerprint density at radius 1 is 0.778 bits per heavy atom. The van der Waals surface area contributed by atoms with Crippen LogP contribution < -0.4 is 4.74 Å². The molecule has 1 heteroatoms. The Bertz CT molecular complexity index is 512. The van der Waals surface area contributed by atoms with Gasteiger partial charge in [-0.25, -0.2) is 0 Å². The van der Waals surface area contributed by atoms with Crippen LogP contribution in [0.15, 0.2) is 42.5 Å². The van der Waals surface area contributed by atoms with E-state index >= 15 is 0 Å². The molecule has 94 valence electrons. The SMILES string of the molecule is COc1ccc(CCc2ccc(C)c(C)c2)cc1. The first-order valence-electron chi connectivity index (χ1n) is 6.38. The first-order chi connectivity index (χ1) is 8.69. The summed E-state index contributed by atoms with van der Waals surface area (Å²) in [5, 5.41) is 0. The highest BCUT2D eigenvalue weighted by molar-refractivity contribution is 5.31. The van der Waals surface area contributed by atoms with Crippen molar-refractivity contribution in [3.05, 3.63) is 64.7 Å². The van der Waals surface area contributed by atoms with Crippen molar-refractivity contribution in [3.8, 4) is 5.75 Å². The first-order valence-corrected chi connectivity index (χ1v) is 6.38. The van der Waals surface area contributed by atoms with Crippen molar-refractivity contribution in [2.45, 2.75) is 26.7 Å². The minimum absolute atomic E-state index is 0.921. The molecule has 0 spiro atoms. The summed E-state index contributed by atoms with van der Waals surface area (Å²) in [4.78, 5) is 0. The number of hydrogen-bond acceptors (Lipinski definition) is 1. The highest BCUT2D eigenvalue weighted by atomic mass is 16.5. The summed E-state index contributed by atoms with van der Waals surface area (Å²) in [7, 11) is 1.70. The lowest BCUT2D eigenvalue weighted by Crippen LogP contribution is -1.93. The monoisotopic (exact) mass is 240 g/mol. The highest BCUT2D eigenvalue weighted by Crippen LogP contribution is 2.15. The van der Waals surface area contributed by atoms with Crippen LogP contribution in [0.1, 0.15) is 22.3 Å². The van der Waals surface area contributed by atoms with Crippen molar-refractivity contribution in [2.75, 3.05) is 7.11 Å². The Kier molecular flexibility index (Phi) is 4.03. The standard InChI is InChI=1S/C17H20O/c1-13-4-5-16(12-14(13)2)7-6-15-8-10-17(18-3)11-9-15/h4-5,8-12H,6-7H2,1-3H3. The van der Waals surface area contributed by atoms with Crippen LogP contribution >= 0.6 is 0 Å². The zero-order chi connectivity index (χ0) is 13.0. The Morgan fingerprint density at radius 3 is 2.00 bits per heavy atom. The van der Waals surface area contributed by atoms with Gasteiger partial charge in [0.1, 0.15) is 5.75 Å². The van der Waals surface area contributed by atoms with Gasteiger partial charge in [-0.2, -0.15) is 0 Å². The number of aryl methyl sites for hydroxylation is 4. The van der Waals surface area contributed by atoms with Crippen LogP contribution in [0.3, 0.4) is 0 Å². The van der Waals surface area contributed by atoms with Crippen LogP contribution in [-0.4, -0.2) is 7.11 Å². The summed E-state index contributed by atoms with van der Waals surface area (Å²) in [6.07, 6.45) is 2.17. The van der Waals surface area contributed by atoms with Crippen LogP contribution in [0.5, 0.6) is 5.75 Å². The molecule has 2 aromatic carbocycles. The topological polar surface area (TPSA) is 9.23 Å². The predicted molar refractivity (Wildman–Crippen MR) is 76.3 cm³/mol. The van der Waals surface area contributed by atoms with Crippen LogP contribution in [0.2, 0.25) is 0 Å². The third kappa shape index (κ3) is 3.13. The molecule has 0 N–H and O–H groups in total. The van der Waals surface area contributed by atoms with Gasteiger partial charge in [0.25, 0.3) is 0 Å². The van der Waals surface area contributed by atoms with Crippen molar-refractivity contribution in [2.24, 2.45) is 0 Å². The lowest BCUT2D eigenvalue weighted by Gasteiger charge is -2.06. The third-order valence-corrected chi connectivity index (χ3v) is 3.43. The molecule has 0 saturated carbocycles. The summed E-state index contributed by atoms with van der Waals surface area (Å²) in [6.45, 7) is 4.33. The molecule has 0 heterocycles. The Labute approximate surface area is 109 Å². The lowest BCUT2D eigenvalue weighted by atomic mass is 10.0. The van der Waals surface area contributed by atoms with Gasteiger partial charge in [0, 0.05) is 0 Å². The second kappa shape index (κ2) is 5.72. The first kappa shape index (κ1) is 12.7. The fraction of sp³-hybridized carbons (Fsp3) is 0.294. The number of methoxy groups -OCH3 is 1. The number of benzene rings is 2. The Hall–Kier alpha value is -1.76. The summed E-state index contributed by atoms with van der Waals surface area (Å²) in [6, 6.07) is 15.1. The lowest BCUT2D eigenvalue weighted by molar-refractivity contribution is 0.414.